The lowest BCUT2D eigenvalue weighted by Gasteiger charge is -2.07. The highest BCUT2D eigenvalue weighted by Gasteiger charge is 2.09. The lowest BCUT2D eigenvalue weighted by Crippen LogP contribution is -2.18. The maximum atomic E-state index is 13.0. The molecule has 150 valence electrons. The fourth-order valence-electron chi connectivity index (χ4n) is 2.55. The minimum atomic E-state index is -0.386. The molecule has 0 radical (unpaired) electrons. The molecular weight excluding hydrogens is 375 g/mol. The third-order valence-electron chi connectivity index (χ3n) is 4.16. The van der Waals surface area contributed by atoms with Crippen LogP contribution in [0.3, 0.4) is 0 Å². The molecule has 2 aromatic carbocycles. The highest BCUT2D eigenvalue weighted by molar-refractivity contribution is 5.89. The Morgan fingerprint density at radius 3 is 2.48 bits per heavy atom. The van der Waals surface area contributed by atoms with Gasteiger partial charge in [-0.1, -0.05) is 25.5 Å². The lowest BCUT2D eigenvalue weighted by molar-refractivity contribution is 0.0500. The molecule has 0 saturated carbocycles. The molecule has 1 heterocycles. The molecule has 0 aliphatic heterocycles. The first kappa shape index (κ1) is 20.2. The Hall–Kier alpha value is -3.55. The number of nitrogens with one attached hydrogen (secondary N) is 2. The molecule has 0 aliphatic rings. The number of carbonyl (C=O) groups excluding carboxylic acids is 1. The van der Waals surface area contributed by atoms with Gasteiger partial charge in [-0.25, -0.2) is 9.18 Å². The molecular formula is C21H21FN4O3. The number of aromatic nitrogens is 3. The maximum absolute atomic E-state index is 13.0. The predicted octanol–water partition coefficient (Wildman–Crippen LogP) is 3.60. The van der Waals surface area contributed by atoms with Crippen LogP contribution in [0.25, 0.3) is 0 Å². The minimum absolute atomic E-state index is 0.177. The van der Waals surface area contributed by atoms with Crippen molar-refractivity contribution in [3.63, 3.8) is 0 Å². The van der Waals surface area contributed by atoms with E-state index in [2.05, 4.69) is 20.5 Å². The number of esters is 1. The van der Waals surface area contributed by atoms with Crippen LogP contribution >= 0.6 is 0 Å². The average molecular weight is 396 g/mol. The molecule has 0 atom stereocenters. The number of carbonyl (C=O) groups is 1. The summed E-state index contributed by atoms with van der Waals surface area (Å²) in [7, 11) is 0. The Bertz CT molecular complexity index is 1020. The van der Waals surface area contributed by atoms with Crippen LogP contribution < -0.4 is 10.9 Å². The zero-order chi connectivity index (χ0) is 20.6. The molecule has 0 fully saturated rings. The molecule has 0 unspecified atom stereocenters. The van der Waals surface area contributed by atoms with Crippen molar-refractivity contribution in [1.29, 1.82) is 0 Å². The number of halogens is 1. The van der Waals surface area contributed by atoms with Crippen molar-refractivity contribution in [1.82, 2.24) is 15.2 Å². The molecule has 0 aliphatic carbocycles. The van der Waals surface area contributed by atoms with Gasteiger partial charge in [0.25, 0.3) is 5.56 Å². The smallest absolute Gasteiger partial charge is 0.338 e. The summed E-state index contributed by atoms with van der Waals surface area (Å²) in [6.07, 6.45) is 2.03. The zero-order valence-electron chi connectivity index (χ0n) is 15.9. The van der Waals surface area contributed by atoms with Crippen LogP contribution in [0, 0.1) is 5.82 Å². The SMILES string of the molecule is CCCCOC(=O)c1ccc(Nc2nnc(Cc3ccc(F)cc3)c(=O)[nH]2)cc1. The maximum Gasteiger partial charge on any atom is 0.338 e. The van der Waals surface area contributed by atoms with Gasteiger partial charge >= 0.3 is 5.97 Å². The van der Waals surface area contributed by atoms with E-state index >= 15 is 0 Å². The van der Waals surface area contributed by atoms with Crippen LogP contribution in [0.5, 0.6) is 0 Å². The number of H-pyrrole nitrogens is 1. The standard InChI is InChI=1S/C21H21FN4O3/c1-2-3-12-29-20(28)15-6-10-17(11-7-15)23-21-24-19(27)18(25-26-21)13-14-4-8-16(22)9-5-14/h4-11H,2-3,12-13H2,1H3,(H2,23,24,26,27). The van der Waals surface area contributed by atoms with E-state index in [1.165, 1.54) is 12.1 Å². The highest BCUT2D eigenvalue weighted by atomic mass is 19.1. The average Bonchev–Trinajstić information content (AvgIpc) is 2.72. The van der Waals surface area contributed by atoms with E-state index in [1.54, 1.807) is 36.4 Å². The van der Waals surface area contributed by atoms with E-state index in [-0.39, 0.29) is 35.4 Å². The lowest BCUT2D eigenvalue weighted by atomic mass is 10.1. The van der Waals surface area contributed by atoms with Crippen molar-refractivity contribution >= 4 is 17.6 Å². The van der Waals surface area contributed by atoms with E-state index < -0.39 is 0 Å². The van der Waals surface area contributed by atoms with E-state index in [0.29, 0.717) is 17.9 Å². The summed E-state index contributed by atoms with van der Waals surface area (Å²) in [6.45, 7) is 2.42. The van der Waals surface area contributed by atoms with Gasteiger partial charge in [0, 0.05) is 12.1 Å². The number of benzene rings is 2. The Morgan fingerprint density at radius 2 is 1.83 bits per heavy atom. The molecule has 2 N–H and O–H groups in total. The quantitative estimate of drug-likeness (QED) is 0.446. The predicted molar refractivity (Wildman–Crippen MR) is 107 cm³/mol. The van der Waals surface area contributed by atoms with E-state index in [1.807, 2.05) is 6.92 Å². The first-order valence-corrected chi connectivity index (χ1v) is 9.29. The largest absolute Gasteiger partial charge is 0.462 e. The van der Waals surface area contributed by atoms with Crippen LogP contribution in [-0.2, 0) is 11.2 Å². The normalized spacial score (nSPS) is 10.6. The number of unbranched alkanes of at least 4 members (excludes halogenated alkanes) is 1. The van der Waals surface area contributed by atoms with Crippen molar-refractivity contribution in [3.8, 4) is 0 Å². The van der Waals surface area contributed by atoms with Gasteiger partial charge in [0.05, 0.1) is 12.2 Å². The number of ether oxygens (including phenoxy) is 1. The van der Waals surface area contributed by atoms with Crippen LogP contribution in [0.2, 0.25) is 0 Å². The fourth-order valence-corrected chi connectivity index (χ4v) is 2.55. The van der Waals surface area contributed by atoms with Crippen molar-refractivity contribution in [2.75, 3.05) is 11.9 Å². The molecule has 1 aromatic heterocycles. The van der Waals surface area contributed by atoms with E-state index in [4.69, 9.17) is 4.74 Å². The van der Waals surface area contributed by atoms with Crippen molar-refractivity contribution in [3.05, 3.63) is 81.5 Å². The zero-order valence-corrected chi connectivity index (χ0v) is 15.9. The minimum Gasteiger partial charge on any atom is -0.462 e. The number of aromatic amines is 1. The highest BCUT2D eigenvalue weighted by Crippen LogP contribution is 2.14. The Morgan fingerprint density at radius 1 is 1.10 bits per heavy atom. The van der Waals surface area contributed by atoms with Crippen molar-refractivity contribution in [2.24, 2.45) is 0 Å². The van der Waals surface area contributed by atoms with E-state index in [0.717, 1.165) is 18.4 Å². The van der Waals surface area contributed by atoms with Gasteiger partial charge in [-0.3, -0.25) is 9.78 Å². The molecule has 0 spiro atoms. The van der Waals surface area contributed by atoms with Crippen molar-refractivity contribution < 1.29 is 13.9 Å². The van der Waals surface area contributed by atoms with Gasteiger partial charge in [-0.05, 0) is 48.4 Å². The van der Waals surface area contributed by atoms with Gasteiger partial charge in [-0.15, -0.1) is 10.2 Å². The third kappa shape index (κ3) is 5.71. The first-order valence-electron chi connectivity index (χ1n) is 9.29. The Labute approximate surface area is 167 Å². The number of hydrogen-bond acceptors (Lipinski definition) is 6. The van der Waals surface area contributed by atoms with E-state index in [9.17, 15) is 14.0 Å². The van der Waals surface area contributed by atoms with Crippen molar-refractivity contribution in [2.45, 2.75) is 26.2 Å². The third-order valence-corrected chi connectivity index (χ3v) is 4.16. The van der Waals surface area contributed by atoms with Crippen LogP contribution in [0.1, 0.15) is 41.4 Å². The van der Waals surface area contributed by atoms with Gasteiger partial charge in [0.15, 0.2) is 0 Å². The summed E-state index contributed by atoms with van der Waals surface area (Å²) in [5.74, 6) is -0.534. The van der Waals surface area contributed by atoms with Crippen LogP contribution in [0.4, 0.5) is 16.0 Å². The van der Waals surface area contributed by atoms with Crippen LogP contribution in [0.15, 0.2) is 53.3 Å². The molecule has 0 bridgehead atoms. The summed E-state index contributed by atoms with van der Waals surface area (Å²) < 4.78 is 18.1. The molecule has 7 nitrogen and oxygen atoms in total. The summed E-state index contributed by atoms with van der Waals surface area (Å²) >= 11 is 0. The second kappa shape index (κ2) is 9.59. The summed E-state index contributed by atoms with van der Waals surface area (Å²) in [6, 6.07) is 12.5. The summed E-state index contributed by atoms with van der Waals surface area (Å²) in [5.41, 5.74) is 1.68. The molecule has 3 aromatic rings. The Balaban J connectivity index is 1.63. The first-order chi connectivity index (χ1) is 14.0. The molecule has 3 rings (SSSR count). The fraction of sp³-hybridized carbons (Fsp3) is 0.238. The number of hydrogen-bond donors (Lipinski definition) is 2. The monoisotopic (exact) mass is 396 g/mol. The molecule has 8 heteroatoms. The second-order valence-corrected chi connectivity index (χ2v) is 6.44. The van der Waals surface area contributed by atoms with Gasteiger partial charge < -0.3 is 10.1 Å². The Kier molecular flexibility index (Phi) is 6.67. The summed E-state index contributed by atoms with van der Waals surface area (Å²) in [4.78, 5) is 26.8. The van der Waals surface area contributed by atoms with Gasteiger partial charge in [-0.2, -0.15) is 0 Å². The molecule has 0 amide bonds. The topological polar surface area (TPSA) is 97.0 Å². The van der Waals surface area contributed by atoms with Gasteiger partial charge in [0.2, 0.25) is 5.95 Å². The second-order valence-electron chi connectivity index (χ2n) is 6.44. The molecule has 29 heavy (non-hydrogen) atoms. The number of anilines is 2. The number of rotatable bonds is 8. The van der Waals surface area contributed by atoms with Crippen LogP contribution in [-0.4, -0.2) is 27.8 Å². The summed E-state index contributed by atoms with van der Waals surface area (Å²) in [5, 5.41) is 10.9. The van der Waals surface area contributed by atoms with Gasteiger partial charge in [0.1, 0.15) is 11.5 Å². The number of nitrogens with zero attached hydrogens (tertiary/aromatic N) is 2. The molecule has 0 saturated heterocycles.